The van der Waals surface area contributed by atoms with Crippen molar-refractivity contribution in [2.24, 2.45) is 11.8 Å². The molecule has 1 heterocycles. The molecule has 8 heteroatoms. The van der Waals surface area contributed by atoms with Crippen molar-refractivity contribution in [1.82, 2.24) is 20.1 Å². The fourth-order valence-corrected chi connectivity index (χ4v) is 5.12. The average molecular weight is 500 g/mol. The highest BCUT2D eigenvalue weighted by Gasteiger charge is 2.34. The molecule has 1 aromatic heterocycles. The largest absolute Gasteiger partial charge is 0.347 e. The summed E-state index contributed by atoms with van der Waals surface area (Å²) >= 11 is 6.27. The number of nitrogens with zero attached hydrogens (tertiary/aromatic N) is 3. The van der Waals surface area contributed by atoms with Crippen LogP contribution in [0.5, 0.6) is 0 Å². The number of hydrogen-bond donors (Lipinski definition) is 2. The third kappa shape index (κ3) is 7.22. The van der Waals surface area contributed by atoms with Crippen LogP contribution in [-0.4, -0.2) is 54.0 Å². The van der Waals surface area contributed by atoms with E-state index in [1.165, 1.54) is 0 Å². The molecular weight excluding hydrogens is 462 g/mol. The monoisotopic (exact) mass is 499 g/mol. The molecule has 35 heavy (non-hydrogen) atoms. The number of fused-ring (bicyclic) bond motifs is 1. The second-order valence-electron chi connectivity index (χ2n) is 10.3. The van der Waals surface area contributed by atoms with Gasteiger partial charge < -0.3 is 20.1 Å². The normalized spacial score (nSPS) is 19.0. The third-order valence-electron chi connectivity index (χ3n) is 6.68. The molecule has 3 atom stereocenters. The van der Waals surface area contributed by atoms with Gasteiger partial charge in [0.15, 0.2) is 0 Å². The first kappa shape index (κ1) is 27.0. The van der Waals surface area contributed by atoms with Crippen LogP contribution in [0.15, 0.2) is 24.3 Å². The summed E-state index contributed by atoms with van der Waals surface area (Å²) in [5.74, 6) is -0.340. The third-order valence-corrected chi connectivity index (χ3v) is 6.92. The lowest BCUT2D eigenvalue weighted by atomic mass is 9.83. The predicted molar refractivity (Wildman–Crippen MR) is 140 cm³/mol. The van der Waals surface area contributed by atoms with Gasteiger partial charge in [0.1, 0.15) is 11.7 Å². The Morgan fingerprint density at radius 1 is 1.23 bits per heavy atom. The van der Waals surface area contributed by atoms with Gasteiger partial charge in [0.05, 0.1) is 17.5 Å². The standard InChI is InChI=1S/C27H38ClN5O2/c1-18(2)14-21(17-29)30-26(34)22-8-5-6-9-23(22)31-27(35)25-15-19-10-11-20(28)16-24(19)33(25)13-7-12-32(3)4/h10-11,15-16,18,21-23H,5-9,12-14H2,1-4H3,(H,30,34)(H,31,35). The van der Waals surface area contributed by atoms with Gasteiger partial charge in [0, 0.05) is 23.0 Å². The lowest BCUT2D eigenvalue weighted by Gasteiger charge is -2.32. The van der Waals surface area contributed by atoms with E-state index in [1.54, 1.807) is 0 Å². The van der Waals surface area contributed by atoms with Gasteiger partial charge in [-0.25, -0.2) is 0 Å². The number of halogens is 1. The number of rotatable bonds is 10. The minimum atomic E-state index is -0.509. The first-order valence-corrected chi connectivity index (χ1v) is 13.0. The van der Waals surface area contributed by atoms with Crippen LogP contribution in [0.2, 0.25) is 5.02 Å². The van der Waals surface area contributed by atoms with Crippen LogP contribution in [0.4, 0.5) is 0 Å². The first-order chi connectivity index (χ1) is 16.7. The Labute approximate surface area is 213 Å². The molecule has 1 aliphatic carbocycles. The van der Waals surface area contributed by atoms with Crippen molar-refractivity contribution in [3.8, 4) is 6.07 Å². The van der Waals surface area contributed by atoms with Gasteiger partial charge in [-0.3, -0.25) is 9.59 Å². The van der Waals surface area contributed by atoms with Crippen LogP contribution in [-0.2, 0) is 11.3 Å². The molecule has 7 nitrogen and oxygen atoms in total. The highest BCUT2D eigenvalue weighted by molar-refractivity contribution is 6.31. The van der Waals surface area contributed by atoms with Crippen molar-refractivity contribution >= 4 is 34.3 Å². The fraction of sp³-hybridized carbons (Fsp3) is 0.593. The van der Waals surface area contributed by atoms with Crippen molar-refractivity contribution in [2.75, 3.05) is 20.6 Å². The number of nitriles is 1. The first-order valence-electron chi connectivity index (χ1n) is 12.6. The molecule has 1 saturated carbocycles. The van der Waals surface area contributed by atoms with Crippen molar-refractivity contribution in [2.45, 2.75) is 71.0 Å². The van der Waals surface area contributed by atoms with Gasteiger partial charge in [0.2, 0.25) is 5.91 Å². The van der Waals surface area contributed by atoms with E-state index in [0.717, 1.165) is 43.1 Å². The van der Waals surface area contributed by atoms with Gasteiger partial charge in [-0.05, 0) is 70.4 Å². The van der Waals surface area contributed by atoms with Crippen molar-refractivity contribution in [3.05, 3.63) is 35.0 Å². The molecule has 1 aliphatic rings. The topological polar surface area (TPSA) is 90.2 Å². The summed E-state index contributed by atoms with van der Waals surface area (Å²) in [5, 5.41) is 17.1. The van der Waals surface area contributed by atoms with E-state index < -0.39 is 6.04 Å². The number of hydrogen-bond acceptors (Lipinski definition) is 4. The fourth-order valence-electron chi connectivity index (χ4n) is 4.96. The second-order valence-corrected chi connectivity index (χ2v) is 10.8. The Kier molecular flexibility index (Phi) is 9.59. The van der Waals surface area contributed by atoms with E-state index in [1.807, 2.05) is 56.8 Å². The molecule has 1 fully saturated rings. The molecule has 2 aromatic rings. The molecule has 0 radical (unpaired) electrons. The number of carbonyl (C=O) groups is 2. The zero-order valence-corrected chi connectivity index (χ0v) is 22.1. The molecule has 0 spiro atoms. The molecule has 3 rings (SSSR count). The minimum Gasteiger partial charge on any atom is -0.347 e. The maximum Gasteiger partial charge on any atom is 0.268 e. The van der Waals surface area contributed by atoms with E-state index in [4.69, 9.17) is 11.6 Å². The molecule has 2 amide bonds. The Morgan fingerprint density at radius 3 is 2.66 bits per heavy atom. The molecule has 0 bridgehead atoms. The van der Waals surface area contributed by atoms with Gasteiger partial charge in [-0.15, -0.1) is 0 Å². The molecule has 0 aliphatic heterocycles. The van der Waals surface area contributed by atoms with Gasteiger partial charge in [0.25, 0.3) is 5.91 Å². The Morgan fingerprint density at radius 2 is 1.97 bits per heavy atom. The van der Waals surface area contributed by atoms with Crippen LogP contribution in [0, 0.1) is 23.2 Å². The van der Waals surface area contributed by atoms with Crippen molar-refractivity contribution < 1.29 is 9.59 Å². The minimum absolute atomic E-state index is 0.138. The molecule has 0 saturated heterocycles. The maximum absolute atomic E-state index is 13.5. The van der Waals surface area contributed by atoms with Crippen LogP contribution in [0.3, 0.4) is 0 Å². The summed E-state index contributed by atoms with van der Waals surface area (Å²) in [6.07, 6.45) is 4.86. The predicted octanol–water partition coefficient (Wildman–Crippen LogP) is 4.59. The number of carbonyl (C=O) groups excluding carboxylic acids is 2. The maximum atomic E-state index is 13.5. The zero-order chi connectivity index (χ0) is 25.5. The number of nitrogens with one attached hydrogen (secondary N) is 2. The highest BCUT2D eigenvalue weighted by atomic mass is 35.5. The van der Waals surface area contributed by atoms with Gasteiger partial charge >= 0.3 is 0 Å². The van der Waals surface area contributed by atoms with Crippen molar-refractivity contribution in [1.29, 1.82) is 5.26 Å². The van der Waals surface area contributed by atoms with E-state index in [0.29, 0.717) is 36.0 Å². The Balaban J connectivity index is 1.79. The van der Waals surface area contributed by atoms with E-state index in [-0.39, 0.29) is 23.8 Å². The summed E-state index contributed by atoms with van der Waals surface area (Å²) in [4.78, 5) is 28.7. The summed E-state index contributed by atoms with van der Waals surface area (Å²) in [7, 11) is 4.06. The van der Waals surface area contributed by atoms with E-state index in [2.05, 4.69) is 21.6 Å². The lowest BCUT2D eigenvalue weighted by Crippen LogP contribution is -2.50. The number of aromatic nitrogens is 1. The summed E-state index contributed by atoms with van der Waals surface area (Å²) in [6, 6.07) is 9.01. The summed E-state index contributed by atoms with van der Waals surface area (Å²) in [5.41, 5.74) is 1.52. The van der Waals surface area contributed by atoms with Crippen LogP contribution < -0.4 is 10.6 Å². The van der Waals surface area contributed by atoms with Crippen molar-refractivity contribution in [3.63, 3.8) is 0 Å². The molecule has 2 N–H and O–H groups in total. The van der Waals surface area contributed by atoms with Gasteiger partial charge in [-0.2, -0.15) is 5.26 Å². The van der Waals surface area contributed by atoms with Crippen LogP contribution >= 0.6 is 11.6 Å². The Hall–Kier alpha value is -2.56. The van der Waals surface area contributed by atoms with E-state index >= 15 is 0 Å². The average Bonchev–Trinajstić information content (AvgIpc) is 3.16. The van der Waals surface area contributed by atoms with E-state index in [9.17, 15) is 14.9 Å². The molecule has 1 aromatic carbocycles. The highest BCUT2D eigenvalue weighted by Crippen LogP contribution is 2.27. The molecule has 190 valence electrons. The zero-order valence-electron chi connectivity index (χ0n) is 21.3. The van der Waals surface area contributed by atoms with Gasteiger partial charge in [-0.1, -0.05) is 44.4 Å². The van der Waals surface area contributed by atoms with Crippen LogP contribution in [0.1, 0.15) is 62.9 Å². The summed E-state index contributed by atoms with van der Waals surface area (Å²) in [6.45, 7) is 5.66. The smallest absolute Gasteiger partial charge is 0.268 e. The SMILES string of the molecule is CC(C)CC(C#N)NC(=O)C1CCCCC1NC(=O)c1cc2ccc(Cl)cc2n1CCCN(C)C. The molecule has 3 unspecified atom stereocenters. The number of amides is 2. The number of aryl methyl sites for hydroxylation is 1. The summed E-state index contributed by atoms with van der Waals surface area (Å²) < 4.78 is 2.03. The second kappa shape index (κ2) is 12.4. The lowest BCUT2D eigenvalue weighted by molar-refractivity contribution is -0.127. The number of benzene rings is 1. The quantitative estimate of drug-likeness (QED) is 0.500. The Bertz CT molecular complexity index is 1070. The van der Waals surface area contributed by atoms with Crippen LogP contribution in [0.25, 0.3) is 10.9 Å². The molecular formula is C27H38ClN5O2.